The van der Waals surface area contributed by atoms with Gasteiger partial charge < -0.3 is 10.6 Å². The number of benzene rings is 2. The second-order valence-corrected chi connectivity index (χ2v) is 6.13. The van der Waals surface area contributed by atoms with Crippen molar-refractivity contribution in [3.8, 4) is 0 Å². The molecule has 0 heterocycles. The summed E-state index contributed by atoms with van der Waals surface area (Å²) in [5.41, 5.74) is 5.92. The number of aryl methyl sites for hydroxylation is 1. The monoisotopic (exact) mass is 312 g/mol. The molecule has 0 aliphatic rings. The standard InChI is InChI=1S/C19H24N2S/c1-5-13(2)16-10-6-7-11-18(16)21-19(22)20-17-12-8-9-14(3)15(17)4/h6-13H,5H2,1-4H3,(H2,20,21,22). The maximum atomic E-state index is 5.48. The molecule has 0 aliphatic heterocycles. The third-order valence-corrected chi connectivity index (χ3v) is 4.41. The first-order chi connectivity index (χ1) is 10.5. The van der Waals surface area contributed by atoms with Gasteiger partial charge in [0.25, 0.3) is 0 Å². The van der Waals surface area contributed by atoms with Crippen molar-refractivity contribution in [2.45, 2.75) is 40.0 Å². The summed E-state index contributed by atoms with van der Waals surface area (Å²) in [6.45, 7) is 8.65. The molecule has 0 aromatic heterocycles. The van der Waals surface area contributed by atoms with Crippen molar-refractivity contribution >= 4 is 28.7 Å². The van der Waals surface area contributed by atoms with E-state index in [1.165, 1.54) is 16.7 Å². The first kappa shape index (κ1) is 16.5. The molecule has 2 rings (SSSR count). The smallest absolute Gasteiger partial charge is 0.175 e. The topological polar surface area (TPSA) is 24.1 Å². The van der Waals surface area contributed by atoms with Gasteiger partial charge in [0.2, 0.25) is 0 Å². The van der Waals surface area contributed by atoms with Crippen molar-refractivity contribution in [2.24, 2.45) is 0 Å². The van der Waals surface area contributed by atoms with Crippen molar-refractivity contribution in [1.82, 2.24) is 0 Å². The van der Waals surface area contributed by atoms with Crippen molar-refractivity contribution in [1.29, 1.82) is 0 Å². The van der Waals surface area contributed by atoms with E-state index >= 15 is 0 Å². The van der Waals surface area contributed by atoms with E-state index in [1.807, 2.05) is 12.1 Å². The Labute approximate surface area is 139 Å². The van der Waals surface area contributed by atoms with E-state index in [9.17, 15) is 0 Å². The Bertz CT molecular complexity index is 664. The van der Waals surface area contributed by atoms with Crippen LogP contribution in [0.25, 0.3) is 0 Å². The predicted molar refractivity (Wildman–Crippen MR) is 101 cm³/mol. The molecule has 1 atom stereocenters. The van der Waals surface area contributed by atoms with Crippen LogP contribution in [0.15, 0.2) is 42.5 Å². The molecule has 0 radical (unpaired) electrons. The van der Waals surface area contributed by atoms with Crippen LogP contribution in [0.4, 0.5) is 11.4 Å². The largest absolute Gasteiger partial charge is 0.332 e. The minimum atomic E-state index is 0.507. The molecule has 0 aliphatic carbocycles. The Morgan fingerprint density at radius 1 is 1.00 bits per heavy atom. The minimum absolute atomic E-state index is 0.507. The maximum absolute atomic E-state index is 5.48. The zero-order valence-electron chi connectivity index (χ0n) is 13.7. The summed E-state index contributed by atoms with van der Waals surface area (Å²) in [6, 6.07) is 14.6. The molecule has 0 fully saturated rings. The van der Waals surface area contributed by atoms with Crippen molar-refractivity contribution in [3.63, 3.8) is 0 Å². The number of thiocarbonyl (C=S) groups is 1. The second kappa shape index (κ2) is 7.41. The minimum Gasteiger partial charge on any atom is -0.332 e. The Hall–Kier alpha value is -1.87. The van der Waals surface area contributed by atoms with E-state index in [0.29, 0.717) is 11.0 Å². The molecule has 2 aromatic rings. The number of hydrogen-bond acceptors (Lipinski definition) is 1. The number of hydrogen-bond donors (Lipinski definition) is 2. The van der Waals surface area contributed by atoms with Crippen LogP contribution in [0, 0.1) is 13.8 Å². The molecular formula is C19H24N2S. The normalized spacial score (nSPS) is 11.8. The predicted octanol–water partition coefficient (Wildman–Crippen LogP) is 5.63. The van der Waals surface area contributed by atoms with Gasteiger partial charge in [-0.2, -0.15) is 0 Å². The summed E-state index contributed by atoms with van der Waals surface area (Å²) in [5.74, 6) is 0.507. The zero-order chi connectivity index (χ0) is 16.1. The molecule has 3 heteroatoms. The van der Waals surface area contributed by atoms with Crippen LogP contribution in [-0.4, -0.2) is 5.11 Å². The highest BCUT2D eigenvalue weighted by molar-refractivity contribution is 7.80. The molecule has 22 heavy (non-hydrogen) atoms. The molecular weight excluding hydrogens is 288 g/mol. The molecule has 0 saturated heterocycles. The molecule has 0 bridgehead atoms. The summed E-state index contributed by atoms with van der Waals surface area (Å²) in [5, 5.41) is 7.27. The fourth-order valence-corrected chi connectivity index (χ4v) is 2.64. The lowest BCUT2D eigenvalue weighted by Gasteiger charge is -2.18. The van der Waals surface area contributed by atoms with Gasteiger partial charge in [0.15, 0.2) is 5.11 Å². The van der Waals surface area contributed by atoms with Crippen molar-refractivity contribution in [3.05, 3.63) is 59.2 Å². The fourth-order valence-electron chi connectivity index (χ4n) is 2.42. The highest BCUT2D eigenvalue weighted by atomic mass is 32.1. The fraction of sp³-hybridized carbons (Fsp3) is 0.316. The van der Waals surface area contributed by atoms with Gasteiger partial charge in [0.1, 0.15) is 0 Å². The Morgan fingerprint density at radius 2 is 1.64 bits per heavy atom. The number of anilines is 2. The first-order valence-electron chi connectivity index (χ1n) is 7.76. The highest BCUT2D eigenvalue weighted by Gasteiger charge is 2.10. The van der Waals surface area contributed by atoms with Crippen LogP contribution in [0.5, 0.6) is 0 Å². The van der Waals surface area contributed by atoms with Crippen LogP contribution >= 0.6 is 12.2 Å². The maximum Gasteiger partial charge on any atom is 0.175 e. The van der Waals surface area contributed by atoms with Crippen molar-refractivity contribution in [2.75, 3.05) is 10.6 Å². The quantitative estimate of drug-likeness (QED) is 0.716. The lowest BCUT2D eigenvalue weighted by molar-refractivity contribution is 0.736. The Kier molecular flexibility index (Phi) is 5.56. The molecule has 0 amide bonds. The summed E-state index contributed by atoms with van der Waals surface area (Å²) < 4.78 is 0. The average Bonchev–Trinajstić information content (AvgIpc) is 2.51. The van der Waals surface area contributed by atoms with Gasteiger partial charge in [-0.15, -0.1) is 0 Å². The van der Waals surface area contributed by atoms with Gasteiger partial charge in [-0.05, 0) is 67.2 Å². The number of nitrogens with one attached hydrogen (secondary N) is 2. The van der Waals surface area contributed by atoms with E-state index in [-0.39, 0.29) is 0 Å². The van der Waals surface area contributed by atoms with Gasteiger partial charge in [-0.25, -0.2) is 0 Å². The second-order valence-electron chi connectivity index (χ2n) is 5.72. The van der Waals surface area contributed by atoms with E-state index < -0.39 is 0 Å². The molecule has 0 spiro atoms. The molecule has 2 N–H and O–H groups in total. The van der Waals surface area contributed by atoms with Gasteiger partial charge in [-0.1, -0.05) is 44.2 Å². The lowest BCUT2D eigenvalue weighted by atomic mass is 9.97. The zero-order valence-corrected chi connectivity index (χ0v) is 14.6. The van der Waals surface area contributed by atoms with Gasteiger partial charge in [-0.3, -0.25) is 0 Å². The molecule has 0 saturated carbocycles. The Balaban J connectivity index is 2.14. The summed E-state index contributed by atoms with van der Waals surface area (Å²) in [4.78, 5) is 0. The van der Waals surface area contributed by atoms with Crippen LogP contribution in [-0.2, 0) is 0 Å². The van der Waals surface area contributed by atoms with Gasteiger partial charge in [0, 0.05) is 11.4 Å². The average molecular weight is 312 g/mol. The molecule has 2 aromatic carbocycles. The summed E-state index contributed by atoms with van der Waals surface area (Å²) in [6.07, 6.45) is 1.11. The Morgan fingerprint density at radius 3 is 2.36 bits per heavy atom. The molecule has 2 nitrogen and oxygen atoms in total. The SMILES string of the molecule is CCC(C)c1ccccc1NC(=S)Nc1cccc(C)c1C. The van der Waals surface area contributed by atoms with E-state index in [4.69, 9.17) is 12.2 Å². The van der Waals surface area contributed by atoms with Gasteiger partial charge >= 0.3 is 0 Å². The summed E-state index contributed by atoms with van der Waals surface area (Å²) in [7, 11) is 0. The van der Waals surface area contributed by atoms with Crippen LogP contribution in [0.1, 0.15) is 42.9 Å². The number of para-hydroxylation sites is 1. The van der Waals surface area contributed by atoms with Gasteiger partial charge in [0.05, 0.1) is 0 Å². The first-order valence-corrected chi connectivity index (χ1v) is 8.17. The van der Waals surface area contributed by atoms with Crippen LogP contribution < -0.4 is 10.6 Å². The van der Waals surface area contributed by atoms with Crippen LogP contribution in [0.2, 0.25) is 0 Å². The van der Waals surface area contributed by atoms with Crippen molar-refractivity contribution < 1.29 is 0 Å². The van der Waals surface area contributed by atoms with E-state index in [1.54, 1.807) is 0 Å². The number of rotatable bonds is 4. The van der Waals surface area contributed by atoms with E-state index in [2.05, 4.69) is 68.7 Å². The third-order valence-electron chi connectivity index (χ3n) is 4.21. The van der Waals surface area contributed by atoms with Crippen LogP contribution in [0.3, 0.4) is 0 Å². The highest BCUT2D eigenvalue weighted by Crippen LogP contribution is 2.27. The lowest BCUT2D eigenvalue weighted by Crippen LogP contribution is -2.20. The third kappa shape index (κ3) is 3.86. The summed E-state index contributed by atoms with van der Waals surface area (Å²) >= 11 is 5.48. The molecule has 1 unspecified atom stereocenters. The van der Waals surface area contributed by atoms with E-state index in [0.717, 1.165) is 17.8 Å². The molecule has 116 valence electrons.